The van der Waals surface area contributed by atoms with Crippen LogP contribution in [0, 0.1) is 20.8 Å². The van der Waals surface area contributed by atoms with Crippen molar-refractivity contribution in [3.05, 3.63) is 70.5 Å². The number of nitrogens with zero attached hydrogens (tertiary/aromatic N) is 1. The van der Waals surface area contributed by atoms with Crippen molar-refractivity contribution in [1.82, 2.24) is 0 Å². The van der Waals surface area contributed by atoms with Crippen molar-refractivity contribution in [2.75, 3.05) is 4.90 Å². The van der Waals surface area contributed by atoms with Crippen LogP contribution in [-0.2, 0) is 9.59 Å². The molecule has 1 heterocycles. The van der Waals surface area contributed by atoms with Crippen LogP contribution >= 0.6 is 0 Å². The van der Waals surface area contributed by atoms with Crippen molar-refractivity contribution >= 4 is 23.1 Å². The topological polar surface area (TPSA) is 57.6 Å². The predicted molar refractivity (Wildman–Crippen MR) is 89.1 cm³/mol. The van der Waals surface area contributed by atoms with Crippen LogP contribution in [0.15, 0.2) is 48.2 Å². The van der Waals surface area contributed by atoms with E-state index in [2.05, 4.69) is 0 Å². The number of aryl methyl sites for hydroxylation is 3. The predicted octanol–water partition coefficient (Wildman–Crippen LogP) is 3.45. The fraction of sp³-hybridized carbons (Fsp3) is 0.158. The second-order valence-corrected chi connectivity index (χ2v) is 5.77. The lowest BCUT2D eigenvalue weighted by atomic mass is 9.98. The summed E-state index contributed by atoms with van der Waals surface area (Å²) in [6.45, 7) is 5.63. The molecule has 0 bridgehead atoms. The third-order valence-corrected chi connectivity index (χ3v) is 4.07. The molecule has 0 aromatic heterocycles. The molecule has 0 saturated carbocycles. The number of rotatable bonds is 2. The SMILES string of the molecule is Cc1ccc(C2=C(O)C(=O)N(c3ccccc3C)C2=O)c(C)c1. The summed E-state index contributed by atoms with van der Waals surface area (Å²) in [6.07, 6.45) is 0. The first kappa shape index (κ1) is 15.0. The monoisotopic (exact) mass is 307 g/mol. The molecule has 2 amide bonds. The normalized spacial score (nSPS) is 14.8. The average molecular weight is 307 g/mol. The summed E-state index contributed by atoms with van der Waals surface area (Å²) in [6, 6.07) is 12.7. The fourth-order valence-corrected chi connectivity index (χ4v) is 2.89. The Labute approximate surface area is 134 Å². The Morgan fingerprint density at radius 2 is 1.57 bits per heavy atom. The van der Waals surface area contributed by atoms with Gasteiger partial charge in [0.1, 0.15) is 0 Å². The van der Waals surface area contributed by atoms with Crippen LogP contribution in [0.1, 0.15) is 22.3 Å². The molecule has 2 aromatic carbocycles. The quantitative estimate of drug-likeness (QED) is 0.865. The second kappa shape index (κ2) is 5.39. The van der Waals surface area contributed by atoms with E-state index in [-0.39, 0.29) is 5.57 Å². The van der Waals surface area contributed by atoms with Gasteiger partial charge in [-0.2, -0.15) is 0 Å². The van der Waals surface area contributed by atoms with Crippen molar-refractivity contribution in [3.8, 4) is 0 Å². The summed E-state index contributed by atoms with van der Waals surface area (Å²) in [7, 11) is 0. The van der Waals surface area contributed by atoms with Crippen molar-refractivity contribution < 1.29 is 14.7 Å². The lowest BCUT2D eigenvalue weighted by Crippen LogP contribution is -2.32. The number of aliphatic hydroxyl groups excluding tert-OH is 1. The van der Waals surface area contributed by atoms with Gasteiger partial charge in [-0.1, -0.05) is 42.0 Å². The van der Waals surface area contributed by atoms with Gasteiger partial charge in [0, 0.05) is 0 Å². The molecule has 2 aromatic rings. The van der Waals surface area contributed by atoms with Gasteiger partial charge in [-0.3, -0.25) is 9.59 Å². The Balaban J connectivity index is 2.12. The summed E-state index contributed by atoms with van der Waals surface area (Å²) < 4.78 is 0. The van der Waals surface area contributed by atoms with Gasteiger partial charge >= 0.3 is 5.91 Å². The highest BCUT2D eigenvalue weighted by molar-refractivity contribution is 6.45. The average Bonchev–Trinajstić information content (AvgIpc) is 2.71. The van der Waals surface area contributed by atoms with E-state index in [9.17, 15) is 14.7 Å². The van der Waals surface area contributed by atoms with Crippen LogP contribution in [0.5, 0.6) is 0 Å². The van der Waals surface area contributed by atoms with E-state index in [1.807, 2.05) is 45.0 Å². The molecule has 23 heavy (non-hydrogen) atoms. The zero-order valence-corrected chi connectivity index (χ0v) is 13.3. The molecule has 3 rings (SSSR count). The van der Waals surface area contributed by atoms with Gasteiger partial charge in [-0.05, 0) is 43.5 Å². The molecule has 1 aliphatic heterocycles. The molecule has 0 atom stereocenters. The van der Waals surface area contributed by atoms with Crippen molar-refractivity contribution in [2.45, 2.75) is 20.8 Å². The van der Waals surface area contributed by atoms with E-state index in [0.29, 0.717) is 11.3 Å². The summed E-state index contributed by atoms with van der Waals surface area (Å²) in [5, 5.41) is 10.3. The summed E-state index contributed by atoms with van der Waals surface area (Å²) in [5.41, 5.74) is 3.84. The number of amides is 2. The molecule has 1 aliphatic rings. The van der Waals surface area contributed by atoms with Crippen LogP contribution in [-0.4, -0.2) is 16.9 Å². The van der Waals surface area contributed by atoms with Crippen molar-refractivity contribution in [3.63, 3.8) is 0 Å². The van der Waals surface area contributed by atoms with Gasteiger partial charge in [0.05, 0.1) is 11.3 Å². The molecule has 0 saturated heterocycles. The highest BCUT2D eigenvalue weighted by Crippen LogP contribution is 2.34. The molecule has 116 valence electrons. The number of hydrogen-bond donors (Lipinski definition) is 1. The Morgan fingerprint density at radius 3 is 2.22 bits per heavy atom. The molecular weight excluding hydrogens is 290 g/mol. The highest BCUT2D eigenvalue weighted by Gasteiger charge is 2.41. The van der Waals surface area contributed by atoms with Crippen LogP contribution < -0.4 is 4.90 Å². The minimum absolute atomic E-state index is 0.0655. The van der Waals surface area contributed by atoms with E-state index in [0.717, 1.165) is 21.6 Å². The zero-order chi connectivity index (χ0) is 16.7. The van der Waals surface area contributed by atoms with E-state index >= 15 is 0 Å². The maximum Gasteiger partial charge on any atom is 0.301 e. The number of hydrogen-bond acceptors (Lipinski definition) is 3. The molecule has 0 radical (unpaired) electrons. The third kappa shape index (κ3) is 2.32. The van der Waals surface area contributed by atoms with Crippen molar-refractivity contribution in [1.29, 1.82) is 0 Å². The smallest absolute Gasteiger partial charge is 0.301 e. The van der Waals surface area contributed by atoms with Gasteiger partial charge in [0.15, 0.2) is 5.76 Å². The van der Waals surface area contributed by atoms with Gasteiger partial charge < -0.3 is 5.11 Å². The molecule has 4 heteroatoms. The van der Waals surface area contributed by atoms with E-state index in [4.69, 9.17) is 0 Å². The highest BCUT2D eigenvalue weighted by atomic mass is 16.3. The van der Waals surface area contributed by atoms with Crippen molar-refractivity contribution in [2.24, 2.45) is 0 Å². The molecule has 1 N–H and O–H groups in total. The lowest BCUT2D eigenvalue weighted by molar-refractivity contribution is -0.121. The number of carbonyl (C=O) groups excluding carboxylic acids is 2. The third-order valence-electron chi connectivity index (χ3n) is 4.07. The molecule has 4 nitrogen and oxygen atoms in total. The van der Waals surface area contributed by atoms with Crippen LogP contribution in [0.4, 0.5) is 5.69 Å². The zero-order valence-electron chi connectivity index (χ0n) is 13.3. The first-order valence-electron chi connectivity index (χ1n) is 7.37. The number of benzene rings is 2. The van der Waals surface area contributed by atoms with E-state index in [1.165, 1.54) is 0 Å². The maximum atomic E-state index is 12.8. The largest absolute Gasteiger partial charge is 0.502 e. The fourth-order valence-electron chi connectivity index (χ4n) is 2.89. The van der Waals surface area contributed by atoms with Gasteiger partial charge in [0.25, 0.3) is 5.91 Å². The standard InChI is InChI=1S/C19H17NO3/c1-11-8-9-14(13(3)10-11)16-17(21)19(23)20(18(16)22)15-7-5-4-6-12(15)2/h4-10,21H,1-3H3. The summed E-state index contributed by atoms with van der Waals surface area (Å²) in [5.74, 6) is -1.67. The number of carbonyl (C=O) groups is 2. The maximum absolute atomic E-state index is 12.8. The summed E-state index contributed by atoms with van der Waals surface area (Å²) in [4.78, 5) is 26.3. The number of para-hydroxylation sites is 1. The molecule has 0 fully saturated rings. The second-order valence-electron chi connectivity index (χ2n) is 5.77. The first-order chi connectivity index (χ1) is 10.9. The van der Waals surface area contributed by atoms with E-state index in [1.54, 1.807) is 18.2 Å². The Kier molecular flexibility index (Phi) is 3.52. The lowest BCUT2D eigenvalue weighted by Gasteiger charge is -2.17. The number of imide groups is 1. The molecule has 0 unspecified atom stereocenters. The Bertz CT molecular complexity index is 865. The number of anilines is 1. The minimum Gasteiger partial charge on any atom is -0.502 e. The van der Waals surface area contributed by atoms with Gasteiger partial charge in [-0.25, -0.2) is 4.90 Å². The molecular formula is C19H17NO3. The Morgan fingerprint density at radius 1 is 0.870 bits per heavy atom. The van der Waals surface area contributed by atoms with Gasteiger partial charge in [0.2, 0.25) is 0 Å². The first-order valence-corrected chi connectivity index (χ1v) is 7.37. The van der Waals surface area contributed by atoms with Crippen LogP contribution in [0.3, 0.4) is 0 Å². The molecule has 0 aliphatic carbocycles. The van der Waals surface area contributed by atoms with Crippen LogP contribution in [0.2, 0.25) is 0 Å². The van der Waals surface area contributed by atoms with Crippen LogP contribution in [0.25, 0.3) is 5.57 Å². The summed E-state index contributed by atoms with van der Waals surface area (Å²) >= 11 is 0. The van der Waals surface area contributed by atoms with Gasteiger partial charge in [-0.15, -0.1) is 0 Å². The Hall–Kier alpha value is -2.88. The number of aliphatic hydroxyl groups is 1. The van der Waals surface area contributed by atoms with E-state index < -0.39 is 17.6 Å². The minimum atomic E-state index is -0.681. The molecule has 0 spiro atoms.